The number of benzene rings is 7. The Morgan fingerprint density at radius 1 is 0.417 bits per heavy atom. The quantitative estimate of drug-likeness (QED) is 0.194. The standard InChI is InChI=1S/C44H27N3S/c1-3-13-28(14-4-1)29-15-11-16-30(27-29)41-42(46-37-23-9-8-22-36(37)45-41)35-21-12-20-32-33-25-26-39-40(44(33)48-43(32)35)34-19-7-10-24-38(34)47(39)31-17-5-2-6-18-31/h1-27H. The largest absolute Gasteiger partial charge is 0.309 e. The van der Waals surface area contributed by atoms with Gasteiger partial charge in [-0.3, -0.25) is 0 Å². The van der Waals surface area contributed by atoms with Crippen LogP contribution in [0.25, 0.3) is 92.3 Å². The molecule has 3 heterocycles. The van der Waals surface area contributed by atoms with Gasteiger partial charge in [0.05, 0.1) is 33.5 Å². The Labute approximate surface area is 281 Å². The molecule has 0 amide bonds. The maximum absolute atomic E-state index is 5.34. The van der Waals surface area contributed by atoms with E-state index in [1.807, 2.05) is 23.5 Å². The van der Waals surface area contributed by atoms with Crippen molar-refractivity contribution in [3.05, 3.63) is 164 Å². The minimum atomic E-state index is 0.889. The summed E-state index contributed by atoms with van der Waals surface area (Å²) >= 11 is 1.86. The third kappa shape index (κ3) is 4.13. The summed E-state index contributed by atoms with van der Waals surface area (Å²) in [4.78, 5) is 10.6. The Bertz CT molecular complexity index is 2830. The van der Waals surface area contributed by atoms with Gasteiger partial charge in [0, 0.05) is 47.8 Å². The highest BCUT2D eigenvalue weighted by molar-refractivity contribution is 7.27. The molecule has 0 atom stereocenters. The molecule has 3 aromatic heterocycles. The number of fused-ring (bicyclic) bond motifs is 8. The number of rotatable bonds is 4. The highest BCUT2D eigenvalue weighted by Crippen LogP contribution is 2.47. The van der Waals surface area contributed by atoms with Gasteiger partial charge >= 0.3 is 0 Å². The van der Waals surface area contributed by atoms with Crippen LogP contribution in [0.1, 0.15) is 0 Å². The number of para-hydroxylation sites is 4. The van der Waals surface area contributed by atoms with Crippen LogP contribution < -0.4 is 0 Å². The Morgan fingerprint density at radius 3 is 1.88 bits per heavy atom. The maximum atomic E-state index is 5.34. The molecule has 10 aromatic rings. The molecule has 0 fully saturated rings. The summed E-state index contributed by atoms with van der Waals surface area (Å²) in [7, 11) is 0. The Hall–Kier alpha value is -6.10. The summed E-state index contributed by atoms with van der Waals surface area (Å²) in [5.74, 6) is 0. The van der Waals surface area contributed by atoms with Gasteiger partial charge in [-0.15, -0.1) is 11.3 Å². The van der Waals surface area contributed by atoms with E-state index in [0.29, 0.717) is 0 Å². The molecule has 0 aliphatic rings. The molecule has 0 spiro atoms. The lowest BCUT2D eigenvalue weighted by atomic mass is 9.98. The van der Waals surface area contributed by atoms with Crippen LogP contribution in [0.15, 0.2) is 164 Å². The number of thiophene rings is 1. The molecule has 0 aliphatic heterocycles. The molecule has 10 rings (SSSR count). The van der Waals surface area contributed by atoms with E-state index in [0.717, 1.165) is 39.1 Å². The Balaban J connectivity index is 1.26. The summed E-state index contributed by atoms with van der Waals surface area (Å²) in [6.45, 7) is 0. The normalized spacial score (nSPS) is 11.8. The van der Waals surface area contributed by atoms with Crippen molar-refractivity contribution in [2.24, 2.45) is 0 Å². The van der Waals surface area contributed by atoms with Crippen LogP contribution in [0.2, 0.25) is 0 Å². The lowest BCUT2D eigenvalue weighted by Gasteiger charge is -2.12. The molecule has 0 saturated heterocycles. The first-order valence-corrected chi connectivity index (χ1v) is 17.0. The molecule has 0 radical (unpaired) electrons. The lowest BCUT2D eigenvalue weighted by Crippen LogP contribution is -1.96. The number of hydrogen-bond acceptors (Lipinski definition) is 3. The smallest absolute Gasteiger partial charge is 0.0987 e. The van der Waals surface area contributed by atoms with Crippen LogP contribution in [0.3, 0.4) is 0 Å². The zero-order valence-electron chi connectivity index (χ0n) is 25.8. The van der Waals surface area contributed by atoms with E-state index >= 15 is 0 Å². The van der Waals surface area contributed by atoms with Crippen molar-refractivity contribution in [3.8, 4) is 39.3 Å². The van der Waals surface area contributed by atoms with Gasteiger partial charge < -0.3 is 4.57 Å². The molecule has 0 aliphatic carbocycles. The van der Waals surface area contributed by atoms with Gasteiger partial charge in [-0.2, -0.15) is 0 Å². The minimum Gasteiger partial charge on any atom is -0.309 e. The van der Waals surface area contributed by atoms with E-state index in [1.54, 1.807) is 0 Å². The second-order valence-corrected chi connectivity index (χ2v) is 13.2. The van der Waals surface area contributed by atoms with E-state index in [2.05, 4.69) is 156 Å². The topological polar surface area (TPSA) is 30.7 Å². The zero-order valence-corrected chi connectivity index (χ0v) is 26.7. The Kier molecular flexibility index (Phi) is 6.05. The highest BCUT2D eigenvalue weighted by Gasteiger charge is 2.21. The average molecular weight is 630 g/mol. The molecule has 0 N–H and O–H groups in total. The fraction of sp³-hybridized carbons (Fsp3) is 0. The molecule has 3 nitrogen and oxygen atoms in total. The van der Waals surface area contributed by atoms with Crippen molar-refractivity contribution >= 4 is 64.3 Å². The van der Waals surface area contributed by atoms with Crippen LogP contribution in [0.4, 0.5) is 0 Å². The predicted molar refractivity (Wildman–Crippen MR) is 203 cm³/mol. The first kappa shape index (κ1) is 27.1. The van der Waals surface area contributed by atoms with Crippen LogP contribution in [0.5, 0.6) is 0 Å². The summed E-state index contributed by atoms with van der Waals surface area (Å²) in [6, 6.07) is 58.0. The minimum absolute atomic E-state index is 0.889. The van der Waals surface area contributed by atoms with Gasteiger partial charge in [-0.05, 0) is 53.6 Å². The van der Waals surface area contributed by atoms with Gasteiger partial charge in [-0.1, -0.05) is 121 Å². The molecule has 0 unspecified atom stereocenters. The fourth-order valence-electron chi connectivity index (χ4n) is 7.22. The summed E-state index contributed by atoms with van der Waals surface area (Å²) < 4.78 is 4.91. The van der Waals surface area contributed by atoms with Crippen molar-refractivity contribution in [1.29, 1.82) is 0 Å². The van der Waals surface area contributed by atoms with Crippen LogP contribution in [-0.4, -0.2) is 14.5 Å². The van der Waals surface area contributed by atoms with Crippen molar-refractivity contribution in [1.82, 2.24) is 14.5 Å². The van der Waals surface area contributed by atoms with Crippen molar-refractivity contribution in [2.45, 2.75) is 0 Å². The Morgan fingerprint density at radius 2 is 1.04 bits per heavy atom. The van der Waals surface area contributed by atoms with Gasteiger partial charge in [0.2, 0.25) is 0 Å². The van der Waals surface area contributed by atoms with E-state index in [4.69, 9.17) is 9.97 Å². The number of hydrogen-bond donors (Lipinski definition) is 0. The first-order chi connectivity index (χ1) is 23.8. The second kappa shape index (κ2) is 10.7. The average Bonchev–Trinajstić information content (AvgIpc) is 3.71. The van der Waals surface area contributed by atoms with Crippen LogP contribution >= 0.6 is 11.3 Å². The first-order valence-electron chi connectivity index (χ1n) is 16.2. The molecule has 0 saturated carbocycles. The van der Waals surface area contributed by atoms with Crippen LogP contribution in [0, 0.1) is 0 Å². The molecule has 224 valence electrons. The van der Waals surface area contributed by atoms with E-state index < -0.39 is 0 Å². The van der Waals surface area contributed by atoms with Gasteiger partial charge in [0.25, 0.3) is 0 Å². The lowest BCUT2D eigenvalue weighted by molar-refractivity contribution is 1.18. The number of aromatic nitrogens is 3. The molecular formula is C44H27N3S. The third-order valence-corrected chi connectivity index (χ3v) is 10.7. The monoisotopic (exact) mass is 629 g/mol. The maximum Gasteiger partial charge on any atom is 0.0987 e. The third-order valence-electron chi connectivity index (χ3n) is 9.38. The van der Waals surface area contributed by atoms with E-state index in [-0.39, 0.29) is 0 Å². The molecule has 48 heavy (non-hydrogen) atoms. The van der Waals surface area contributed by atoms with Crippen molar-refractivity contribution in [2.75, 3.05) is 0 Å². The highest BCUT2D eigenvalue weighted by atomic mass is 32.1. The molecule has 0 bridgehead atoms. The molecule has 4 heteroatoms. The summed E-state index contributed by atoms with van der Waals surface area (Å²) in [6.07, 6.45) is 0. The van der Waals surface area contributed by atoms with Crippen molar-refractivity contribution < 1.29 is 0 Å². The predicted octanol–water partition coefficient (Wildman–Crippen LogP) is 12.1. The SMILES string of the molecule is c1ccc(-c2cccc(-c3nc4ccccc4nc3-c3cccc4c3sc3c4ccc4c3c3ccccc3n4-c3ccccc3)c2)cc1. The zero-order chi connectivity index (χ0) is 31.6. The number of nitrogens with zero attached hydrogens (tertiary/aromatic N) is 3. The van der Waals surface area contributed by atoms with E-state index in [1.165, 1.54) is 53.2 Å². The van der Waals surface area contributed by atoms with Gasteiger partial charge in [0.15, 0.2) is 0 Å². The summed E-state index contributed by atoms with van der Waals surface area (Å²) in [5.41, 5.74) is 11.7. The van der Waals surface area contributed by atoms with Crippen LogP contribution in [-0.2, 0) is 0 Å². The molecular weight excluding hydrogens is 603 g/mol. The van der Waals surface area contributed by atoms with Crippen molar-refractivity contribution in [3.63, 3.8) is 0 Å². The van der Waals surface area contributed by atoms with Gasteiger partial charge in [0.1, 0.15) is 0 Å². The molecule has 7 aromatic carbocycles. The van der Waals surface area contributed by atoms with Gasteiger partial charge in [-0.25, -0.2) is 9.97 Å². The fourth-order valence-corrected chi connectivity index (χ4v) is 8.59. The second-order valence-electron chi connectivity index (χ2n) is 12.2. The van der Waals surface area contributed by atoms with E-state index in [9.17, 15) is 0 Å². The summed E-state index contributed by atoms with van der Waals surface area (Å²) in [5, 5.41) is 5.06.